The number of urea groups is 1. The molecule has 0 saturated carbocycles. The van der Waals surface area contributed by atoms with Crippen LogP contribution in [0.4, 0.5) is 16.4 Å². The van der Waals surface area contributed by atoms with E-state index in [2.05, 4.69) is 9.97 Å². The third-order valence-electron chi connectivity index (χ3n) is 3.71. The summed E-state index contributed by atoms with van der Waals surface area (Å²) in [6.07, 6.45) is 0. The summed E-state index contributed by atoms with van der Waals surface area (Å²) in [6.45, 7) is 0. The Balaban J connectivity index is 2.71. The van der Waals surface area contributed by atoms with Crippen LogP contribution in [0.1, 0.15) is 10.4 Å². The van der Waals surface area contributed by atoms with Gasteiger partial charge in [-0.05, 0) is 12.1 Å². The van der Waals surface area contributed by atoms with Crippen molar-refractivity contribution in [2.75, 3.05) is 39.1 Å². The zero-order chi connectivity index (χ0) is 22.5. The number of amides is 3. The summed E-state index contributed by atoms with van der Waals surface area (Å²) in [4.78, 5) is 34.6. The molecule has 0 saturated heterocycles. The van der Waals surface area contributed by atoms with Crippen LogP contribution in [-0.2, 0) is 10.0 Å². The van der Waals surface area contributed by atoms with Crippen LogP contribution in [0.3, 0.4) is 0 Å². The van der Waals surface area contributed by atoms with E-state index in [1.807, 2.05) is 0 Å². The normalized spacial score (nSPS) is 10.8. The lowest BCUT2D eigenvalue weighted by Crippen LogP contribution is -2.41. The molecule has 12 nitrogen and oxygen atoms in total. The summed E-state index contributed by atoms with van der Waals surface area (Å²) in [5, 5.41) is 0. The van der Waals surface area contributed by atoms with Crippen LogP contribution in [0.2, 0.25) is 0 Å². The highest BCUT2D eigenvalue weighted by Crippen LogP contribution is 2.30. The number of methoxy groups -OCH3 is 2. The number of hydrogen-bond acceptors (Lipinski definition) is 9. The Morgan fingerprint density at radius 2 is 1.67 bits per heavy atom. The summed E-state index contributed by atoms with van der Waals surface area (Å²) in [5.74, 6) is -1.15. The van der Waals surface area contributed by atoms with Crippen molar-refractivity contribution in [2.24, 2.45) is 5.73 Å². The van der Waals surface area contributed by atoms with E-state index in [9.17, 15) is 18.0 Å². The Hall–Kier alpha value is -3.61. The van der Waals surface area contributed by atoms with Crippen molar-refractivity contribution in [1.82, 2.24) is 19.6 Å². The number of hydrogen-bond donors (Lipinski definition) is 2. The maximum atomic E-state index is 12.7. The molecule has 0 unspecified atom stereocenters. The summed E-state index contributed by atoms with van der Waals surface area (Å²) >= 11 is 0. The minimum atomic E-state index is -4.26. The third kappa shape index (κ3) is 5.47. The average molecular weight is 438 g/mol. The largest absolute Gasteiger partial charge is 0.481 e. The molecule has 3 amide bonds. The zero-order valence-corrected chi connectivity index (χ0v) is 17.6. The lowest BCUT2D eigenvalue weighted by atomic mass is 10.1. The van der Waals surface area contributed by atoms with E-state index >= 15 is 0 Å². The van der Waals surface area contributed by atoms with Gasteiger partial charge >= 0.3 is 6.03 Å². The highest BCUT2D eigenvalue weighted by atomic mass is 32.2. The molecule has 2 aromatic rings. The Labute approximate surface area is 173 Å². The molecule has 0 bridgehead atoms. The second-order valence-corrected chi connectivity index (χ2v) is 7.80. The van der Waals surface area contributed by atoms with Gasteiger partial charge in [0, 0.05) is 14.1 Å². The lowest BCUT2D eigenvalue weighted by molar-refractivity contribution is 0.0828. The van der Waals surface area contributed by atoms with E-state index < -0.39 is 21.9 Å². The monoisotopic (exact) mass is 438 g/mol. The second-order valence-electron chi connectivity index (χ2n) is 6.11. The number of sulfonamides is 1. The van der Waals surface area contributed by atoms with Gasteiger partial charge in [-0.3, -0.25) is 9.69 Å². The van der Waals surface area contributed by atoms with E-state index in [4.69, 9.17) is 15.2 Å². The Bertz CT molecular complexity index is 1020. The molecular formula is C17H22N6O6S. The van der Waals surface area contributed by atoms with Crippen LogP contribution in [0.15, 0.2) is 30.3 Å². The van der Waals surface area contributed by atoms with Gasteiger partial charge in [-0.1, -0.05) is 12.1 Å². The number of carbonyl (C=O) groups excluding carboxylic acids is 2. The highest BCUT2D eigenvalue weighted by Gasteiger charge is 2.27. The van der Waals surface area contributed by atoms with Gasteiger partial charge in [0.1, 0.15) is 5.88 Å². The number of rotatable bonds is 8. The van der Waals surface area contributed by atoms with Gasteiger partial charge in [0.25, 0.3) is 15.9 Å². The number of ether oxygens (including phenoxy) is 2. The molecule has 1 aromatic heterocycles. The molecule has 13 heteroatoms. The van der Waals surface area contributed by atoms with Gasteiger partial charge in [0.2, 0.25) is 17.7 Å². The SMILES string of the molecule is COc1cc(OC)nc(N(CS(=O)(=O)NC(N)=O)c2ccccc2C(=O)N(C)C)n1. The molecule has 1 heterocycles. The van der Waals surface area contributed by atoms with E-state index in [1.165, 1.54) is 37.3 Å². The van der Waals surface area contributed by atoms with E-state index in [0.29, 0.717) is 0 Å². The first-order valence-electron chi connectivity index (χ1n) is 8.43. The van der Waals surface area contributed by atoms with Crippen LogP contribution in [0, 0.1) is 0 Å². The molecule has 162 valence electrons. The predicted molar refractivity (Wildman–Crippen MR) is 108 cm³/mol. The summed E-state index contributed by atoms with van der Waals surface area (Å²) in [7, 11) is 1.58. The number of benzene rings is 1. The number of primary amides is 1. The second kappa shape index (κ2) is 9.26. The van der Waals surface area contributed by atoms with Gasteiger partial charge in [-0.2, -0.15) is 9.97 Å². The zero-order valence-electron chi connectivity index (χ0n) is 16.8. The minimum Gasteiger partial charge on any atom is -0.481 e. The first-order valence-corrected chi connectivity index (χ1v) is 10.1. The number of aromatic nitrogens is 2. The first-order chi connectivity index (χ1) is 14.1. The fraction of sp³-hybridized carbons (Fsp3) is 0.294. The van der Waals surface area contributed by atoms with Crippen molar-refractivity contribution in [1.29, 1.82) is 0 Å². The topological polar surface area (TPSA) is 157 Å². The summed E-state index contributed by atoms with van der Waals surface area (Å²) in [6, 6.07) is 6.43. The lowest BCUT2D eigenvalue weighted by Gasteiger charge is -2.25. The summed E-state index contributed by atoms with van der Waals surface area (Å²) in [5.41, 5.74) is 5.33. The van der Waals surface area contributed by atoms with Crippen molar-refractivity contribution >= 4 is 33.6 Å². The highest BCUT2D eigenvalue weighted by molar-refractivity contribution is 7.90. The fourth-order valence-corrected chi connectivity index (χ4v) is 3.41. The number of nitrogens with zero attached hydrogens (tertiary/aromatic N) is 4. The Morgan fingerprint density at radius 3 is 2.17 bits per heavy atom. The molecule has 0 aliphatic heterocycles. The molecule has 30 heavy (non-hydrogen) atoms. The standard InChI is InChI=1S/C17H22N6O6S/c1-22(2)15(24)11-7-5-6-8-12(11)23(10-30(26,27)21-16(18)25)17-19-13(28-3)9-14(20-17)29-4/h5-9H,10H2,1-4H3,(H3,18,21,25). The molecule has 0 aliphatic carbocycles. The van der Waals surface area contributed by atoms with E-state index in [-0.39, 0.29) is 34.9 Å². The molecular weight excluding hydrogens is 416 g/mol. The van der Waals surface area contributed by atoms with Crippen molar-refractivity contribution in [3.05, 3.63) is 35.9 Å². The maximum absolute atomic E-state index is 12.7. The predicted octanol–water partition coefficient (Wildman–Crippen LogP) is 0.289. The quantitative estimate of drug-likeness (QED) is 0.591. The maximum Gasteiger partial charge on any atom is 0.325 e. The van der Waals surface area contributed by atoms with Crippen molar-refractivity contribution in [2.45, 2.75) is 0 Å². The van der Waals surface area contributed by atoms with Crippen molar-refractivity contribution < 1.29 is 27.5 Å². The molecule has 0 fully saturated rings. The molecule has 0 radical (unpaired) electrons. The number of nitrogens with one attached hydrogen (secondary N) is 1. The number of carbonyl (C=O) groups is 2. The Kier molecular flexibility index (Phi) is 7.00. The van der Waals surface area contributed by atoms with E-state index in [0.717, 1.165) is 4.90 Å². The van der Waals surface area contributed by atoms with Gasteiger partial charge in [0.15, 0.2) is 0 Å². The van der Waals surface area contributed by atoms with Crippen LogP contribution < -0.4 is 24.8 Å². The first kappa shape index (κ1) is 22.7. The van der Waals surface area contributed by atoms with Gasteiger partial charge in [-0.15, -0.1) is 0 Å². The van der Waals surface area contributed by atoms with Crippen molar-refractivity contribution in [3.63, 3.8) is 0 Å². The van der Waals surface area contributed by atoms with Crippen LogP contribution in [0.25, 0.3) is 0 Å². The molecule has 0 spiro atoms. The molecule has 2 rings (SSSR count). The molecule has 0 atom stereocenters. The minimum absolute atomic E-state index is 0.0959. The van der Waals surface area contributed by atoms with Crippen LogP contribution in [-0.4, -0.2) is 69.4 Å². The molecule has 3 N–H and O–H groups in total. The van der Waals surface area contributed by atoms with Gasteiger partial charge in [0.05, 0.1) is 31.5 Å². The third-order valence-corrected chi connectivity index (χ3v) is 4.82. The van der Waals surface area contributed by atoms with E-state index in [1.54, 1.807) is 31.0 Å². The summed E-state index contributed by atoms with van der Waals surface area (Å²) < 4.78 is 36.8. The number of nitrogens with two attached hydrogens (primary N) is 1. The number of anilines is 2. The fourth-order valence-electron chi connectivity index (χ4n) is 2.44. The molecule has 1 aromatic carbocycles. The van der Waals surface area contributed by atoms with Crippen LogP contribution in [0.5, 0.6) is 11.8 Å². The molecule has 0 aliphatic rings. The van der Waals surface area contributed by atoms with Crippen molar-refractivity contribution in [3.8, 4) is 11.8 Å². The smallest absolute Gasteiger partial charge is 0.325 e. The average Bonchev–Trinajstić information content (AvgIpc) is 2.70. The van der Waals surface area contributed by atoms with Gasteiger partial charge < -0.3 is 20.1 Å². The van der Waals surface area contributed by atoms with Crippen LogP contribution >= 0.6 is 0 Å². The Morgan fingerprint density at radius 1 is 1.10 bits per heavy atom. The number of para-hydroxylation sites is 1. The van der Waals surface area contributed by atoms with Gasteiger partial charge in [-0.25, -0.2) is 17.9 Å².